The zero-order chi connectivity index (χ0) is 35.9. The monoisotopic (exact) mass is 690 g/mol. The Kier molecular flexibility index (Phi) is 5.86. The van der Waals surface area contributed by atoms with Crippen molar-refractivity contribution >= 4 is 100 Å². The second-order valence-electron chi connectivity index (χ2n) is 16.1. The quantitative estimate of drug-likeness (QED) is 0.133. The fourth-order valence-electron chi connectivity index (χ4n) is 9.70. The van der Waals surface area contributed by atoms with Crippen molar-refractivity contribution < 1.29 is 4.42 Å². The summed E-state index contributed by atoms with van der Waals surface area (Å²) in [6, 6.07) is 58.5. The molecule has 0 fully saturated rings. The highest BCUT2D eigenvalue weighted by Gasteiger charge is 2.47. The molecule has 54 heavy (non-hydrogen) atoms. The summed E-state index contributed by atoms with van der Waals surface area (Å²) in [5.74, 6) is 0. The molecule has 10 aromatic rings. The van der Waals surface area contributed by atoms with Crippen LogP contribution in [0.1, 0.15) is 26.3 Å². The molecule has 12 rings (SSSR count). The van der Waals surface area contributed by atoms with Gasteiger partial charge in [-0.15, -0.1) is 0 Å². The van der Waals surface area contributed by atoms with E-state index in [1.165, 1.54) is 77.0 Å². The Labute approximate surface area is 314 Å². The number of para-hydroxylation sites is 4. The SMILES string of the molecule is CC(C)(C)c1cc2ccc3c4c5c(c6ccc(c1)c2c36)N(c1ccccc1)c1cc2c(cc1B5N(c1ccccc1)c1ccccc1-4)oc1ccccc12. The third kappa shape index (κ3) is 3.92. The summed E-state index contributed by atoms with van der Waals surface area (Å²) in [5.41, 5.74) is 14.3. The third-order valence-corrected chi connectivity index (χ3v) is 12.1. The van der Waals surface area contributed by atoms with Crippen LogP contribution in [0.5, 0.6) is 0 Å². The minimum absolute atomic E-state index is 0.0408. The van der Waals surface area contributed by atoms with E-state index in [2.05, 4.69) is 188 Å². The van der Waals surface area contributed by atoms with Gasteiger partial charge in [0.15, 0.2) is 0 Å². The molecule has 9 aromatic carbocycles. The van der Waals surface area contributed by atoms with Gasteiger partial charge in [-0.25, -0.2) is 0 Å². The molecule has 2 aliphatic heterocycles. The van der Waals surface area contributed by atoms with E-state index in [-0.39, 0.29) is 12.3 Å². The van der Waals surface area contributed by atoms with Crippen LogP contribution < -0.4 is 20.6 Å². The molecule has 3 nitrogen and oxygen atoms in total. The zero-order valence-corrected chi connectivity index (χ0v) is 30.4. The molecule has 0 N–H and O–H groups in total. The van der Waals surface area contributed by atoms with Crippen molar-refractivity contribution in [2.45, 2.75) is 26.2 Å². The predicted molar refractivity (Wildman–Crippen MR) is 230 cm³/mol. The van der Waals surface area contributed by atoms with Gasteiger partial charge in [-0.3, -0.25) is 0 Å². The predicted octanol–water partition coefficient (Wildman–Crippen LogP) is 12.5. The van der Waals surface area contributed by atoms with Gasteiger partial charge >= 0.3 is 6.85 Å². The van der Waals surface area contributed by atoms with Crippen LogP contribution >= 0.6 is 0 Å². The highest BCUT2D eigenvalue weighted by Crippen LogP contribution is 2.53. The first-order chi connectivity index (χ1) is 26.4. The molecule has 0 atom stereocenters. The van der Waals surface area contributed by atoms with Crippen molar-refractivity contribution in [2.75, 3.05) is 9.71 Å². The average Bonchev–Trinajstić information content (AvgIpc) is 3.57. The normalized spacial score (nSPS) is 13.7. The summed E-state index contributed by atoms with van der Waals surface area (Å²) >= 11 is 0. The summed E-state index contributed by atoms with van der Waals surface area (Å²) in [5, 5.41) is 10.1. The summed E-state index contributed by atoms with van der Waals surface area (Å²) in [6.45, 7) is 6.82. The Hall–Kier alpha value is -6.52. The maximum absolute atomic E-state index is 6.66. The summed E-state index contributed by atoms with van der Waals surface area (Å²) in [4.78, 5) is 5.12. The summed E-state index contributed by atoms with van der Waals surface area (Å²) < 4.78 is 6.66. The Bertz CT molecular complexity index is 3140. The van der Waals surface area contributed by atoms with E-state index in [1.807, 2.05) is 0 Å². The maximum Gasteiger partial charge on any atom is 0.333 e. The minimum atomic E-state index is -0.116. The Morgan fingerprint density at radius 1 is 0.519 bits per heavy atom. The van der Waals surface area contributed by atoms with Crippen molar-refractivity contribution in [1.29, 1.82) is 0 Å². The highest BCUT2D eigenvalue weighted by atomic mass is 16.3. The molecule has 0 aliphatic carbocycles. The van der Waals surface area contributed by atoms with Gasteiger partial charge in [-0.2, -0.15) is 0 Å². The minimum Gasteiger partial charge on any atom is -0.456 e. The van der Waals surface area contributed by atoms with Gasteiger partial charge in [0.25, 0.3) is 0 Å². The molecule has 0 unspecified atom stereocenters. The molecule has 0 spiro atoms. The fourth-order valence-corrected chi connectivity index (χ4v) is 9.70. The number of benzene rings is 9. The van der Waals surface area contributed by atoms with Gasteiger partial charge in [0.2, 0.25) is 0 Å². The molecule has 0 amide bonds. The van der Waals surface area contributed by atoms with Gasteiger partial charge in [0.05, 0.1) is 5.69 Å². The van der Waals surface area contributed by atoms with E-state index in [1.54, 1.807) is 0 Å². The van der Waals surface area contributed by atoms with E-state index in [4.69, 9.17) is 4.42 Å². The molecule has 1 aromatic heterocycles. The molecule has 0 saturated heterocycles. The number of fused-ring (bicyclic) bond motifs is 9. The first kappa shape index (κ1) is 30.0. The molecular formula is C50H35BN2O. The Morgan fingerprint density at radius 2 is 1.19 bits per heavy atom. The van der Waals surface area contributed by atoms with E-state index in [0.717, 1.165) is 33.3 Å². The standard InChI is InChI=1S/C50H35BN2O/c1-50(2,3)32-26-30-22-24-37-46-38(25-23-31(27-32)45(30)46)49-48-47(37)36-19-10-12-20-41(36)53(34-16-8-5-9-17-34)51(48)40-29-44-39(35-18-11-13-21-43(35)54-44)28-42(40)52(49)33-14-6-4-7-15-33/h4-29H,1-3H3. The largest absolute Gasteiger partial charge is 0.456 e. The molecule has 0 saturated carbocycles. The molecule has 254 valence electrons. The second kappa shape index (κ2) is 10.5. The lowest BCUT2D eigenvalue weighted by Gasteiger charge is -2.46. The number of nitrogens with zero attached hydrogens (tertiary/aromatic N) is 2. The van der Waals surface area contributed by atoms with Crippen LogP contribution in [0.2, 0.25) is 0 Å². The summed E-state index contributed by atoms with van der Waals surface area (Å²) in [7, 11) is 0. The molecule has 3 heterocycles. The fraction of sp³-hybridized carbons (Fsp3) is 0.0800. The zero-order valence-electron chi connectivity index (χ0n) is 30.4. The number of furan rings is 1. The van der Waals surface area contributed by atoms with Crippen molar-refractivity contribution in [2.24, 2.45) is 0 Å². The molecule has 0 bridgehead atoms. The van der Waals surface area contributed by atoms with Crippen molar-refractivity contribution in [3.8, 4) is 11.1 Å². The molecule has 4 heteroatoms. The van der Waals surface area contributed by atoms with Gasteiger partial charge in [0, 0.05) is 49.9 Å². The van der Waals surface area contributed by atoms with E-state index in [0.29, 0.717) is 0 Å². The van der Waals surface area contributed by atoms with Crippen LogP contribution in [-0.4, -0.2) is 6.85 Å². The lowest BCUT2D eigenvalue weighted by atomic mass is 9.43. The Morgan fingerprint density at radius 3 is 1.94 bits per heavy atom. The summed E-state index contributed by atoms with van der Waals surface area (Å²) in [6.07, 6.45) is 0. The Balaban J connectivity index is 1.31. The highest BCUT2D eigenvalue weighted by molar-refractivity contribution is 6.94. The lowest BCUT2D eigenvalue weighted by molar-refractivity contribution is 0.591. The van der Waals surface area contributed by atoms with Crippen LogP contribution in [0, 0.1) is 0 Å². The van der Waals surface area contributed by atoms with Crippen molar-refractivity contribution in [3.05, 3.63) is 163 Å². The maximum atomic E-state index is 6.66. The van der Waals surface area contributed by atoms with Gasteiger partial charge < -0.3 is 14.1 Å². The van der Waals surface area contributed by atoms with Crippen molar-refractivity contribution in [3.63, 3.8) is 0 Å². The van der Waals surface area contributed by atoms with Gasteiger partial charge in [-0.05, 0) is 97.5 Å². The molecular weight excluding hydrogens is 655 g/mol. The van der Waals surface area contributed by atoms with Crippen LogP contribution in [0.15, 0.2) is 162 Å². The first-order valence-electron chi connectivity index (χ1n) is 19.0. The van der Waals surface area contributed by atoms with E-state index in [9.17, 15) is 0 Å². The van der Waals surface area contributed by atoms with Gasteiger partial charge in [-0.1, -0.05) is 130 Å². The number of hydrogen-bond donors (Lipinski definition) is 0. The number of rotatable bonds is 2. The number of anilines is 5. The molecule has 2 aliphatic rings. The first-order valence-corrected chi connectivity index (χ1v) is 19.0. The smallest absolute Gasteiger partial charge is 0.333 e. The average molecular weight is 691 g/mol. The van der Waals surface area contributed by atoms with Gasteiger partial charge in [0.1, 0.15) is 11.2 Å². The molecule has 0 radical (unpaired) electrons. The topological polar surface area (TPSA) is 19.6 Å². The third-order valence-electron chi connectivity index (χ3n) is 12.1. The lowest BCUT2D eigenvalue weighted by Crippen LogP contribution is -2.61. The number of hydrogen-bond acceptors (Lipinski definition) is 3. The van der Waals surface area contributed by atoms with Crippen LogP contribution in [-0.2, 0) is 5.41 Å². The van der Waals surface area contributed by atoms with E-state index >= 15 is 0 Å². The van der Waals surface area contributed by atoms with Crippen LogP contribution in [0.25, 0.3) is 65.4 Å². The van der Waals surface area contributed by atoms with Crippen LogP contribution in [0.4, 0.5) is 28.4 Å². The van der Waals surface area contributed by atoms with Crippen molar-refractivity contribution in [1.82, 2.24) is 0 Å². The van der Waals surface area contributed by atoms with Crippen LogP contribution in [0.3, 0.4) is 0 Å². The van der Waals surface area contributed by atoms with E-state index < -0.39 is 0 Å². The second-order valence-corrected chi connectivity index (χ2v) is 16.1.